The maximum absolute atomic E-state index is 9.28. The van der Waals surface area contributed by atoms with Crippen LogP contribution in [0.2, 0.25) is 0 Å². The number of methoxy groups -OCH3 is 1. The molecule has 1 saturated heterocycles. The van der Waals surface area contributed by atoms with Gasteiger partial charge in [-0.3, -0.25) is 0 Å². The monoisotopic (exact) mass is 177 g/mol. The molecule has 3 atom stereocenters. The molecule has 0 amide bonds. The van der Waals surface area contributed by atoms with E-state index < -0.39 is 17.9 Å². The van der Waals surface area contributed by atoms with Crippen molar-refractivity contribution in [3.05, 3.63) is 0 Å². The molecule has 12 heavy (non-hydrogen) atoms. The molecule has 4 N–H and O–H groups in total. The van der Waals surface area contributed by atoms with E-state index in [9.17, 15) is 5.11 Å². The van der Waals surface area contributed by atoms with Crippen LogP contribution in [0.25, 0.3) is 0 Å². The van der Waals surface area contributed by atoms with Gasteiger partial charge in [-0.15, -0.1) is 0 Å². The molecule has 0 radical (unpaired) electrons. The van der Waals surface area contributed by atoms with Crippen LogP contribution >= 0.6 is 0 Å². The lowest BCUT2D eigenvalue weighted by atomic mass is 10.0. The van der Waals surface area contributed by atoms with Crippen LogP contribution in [0, 0.1) is 0 Å². The van der Waals surface area contributed by atoms with Crippen LogP contribution in [0.1, 0.15) is 6.42 Å². The molecule has 5 heteroatoms. The number of hydrogen-bond acceptors (Lipinski definition) is 5. The smallest absolute Gasteiger partial charge is 0.188 e. The first-order valence-electron chi connectivity index (χ1n) is 3.90. The second-order valence-electron chi connectivity index (χ2n) is 2.89. The highest BCUT2D eigenvalue weighted by atomic mass is 16.7. The molecule has 5 nitrogen and oxygen atoms in total. The van der Waals surface area contributed by atoms with E-state index in [0.717, 1.165) is 0 Å². The molecule has 1 heterocycles. The minimum absolute atomic E-state index is 0.0751. The van der Waals surface area contributed by atoms with Gasteiger partial charge in [-0.1, -0.05) is 0 Å². The van der Waals surface area contributed by atoms with Crippen molar-refractivity contribution >= 4 is 0 Å². The minimum atomic E-state index is -1.01. The first kappa shape index (κ1) is 9.88. The van der Waals surface area contributed by atoms with E-state index in [2.05, 4.69) is 0 Å². The van der Waals surface area contributed by atoms with E-state index in [4.69, 9.17) is 20.3 Å². The maximum Gasteiger partial charge on any atom is 0.188 e. The van der Waals surface area contributed by atoms with Crippen LogP contribution in [0.5, 0.6) is 0 Å². The molecule has 0 aromatic rings. The zero-order valence-corrected chi connectivity index (χ0v) is 7.06. The summed E-state index contributed by atoms with van der Waals surface area (Å²) < 4.78 is 10.3. The van der Waals surface area contributed by atoms with Crippen LogP contribution < -0.4 is 5.73 Å². The third-order valence-corrected chi connectivity index (χ3v) is 2.23. The summed E-state index contributed by atoms with van der Waals surface area (Å²) in [4.78, 5) is 0. The Balaban J connectivity index is 2.66. The number of aliphatic hydroxyl groups excluding tert-OH is 2. The number of aliphatic hydroxyl groups is 2. The summed E-state index contributed by atoms with van der Waals surface area (Å²) in [5.41, 5.74) is 5.64. The van der Waals surface area contributed by atoms with Crippen molar-refractivity contribution in [3.8, 4) is 0 Å². The summed E-state index contributed by atoms with van der Waals surface area (Å²) in [6.07, 6.45) is -0.432. The Kier molecular flexibility index (Phi) is 3.03. The third-order valence-electron chi connectivity index (χ3n) is 2.23. The molecule has 72 valence electrons. The van der Waals surface area contributed by atoms with Crippen molar-refractivity contribution in [2.45, 2.75) is 24.4 Å². The lowest BCUT2D eigenvalue weighted by molar-refractivity contribution is -0.208. The highest BCUT2D eigenvalue weighted by Gasteiger charge is 2.47. The van der Waals surface area contributed by atoms with E-state index in [1.165, 1.54) is 7.11 Å². The van der Waals surface area contributed by atoms with Gasteiger partial charge in [0.15, 0.2) is 5.79 Å². The molecule has 1 fully saturated rings. The molecule has 0 aromatic heterocycles. The van der Waals surface area contributed by atoms with Gasteiger partial charge >= 0.3 is 0 Å². The van der Waals surface area contributed by atoms with Crippen LogP contribution in [0.3, 0.4) is 0 Å². The lowest BCUT2D eigenvalue weighted by Crippen LogP contribution is -2.51. The predicted octanol–water partition coefficient (Wildman–Crippen LogP) is -1.57. The normalized spacial score (nSPS) is 42.0. The van der Waals surface area contributed by atoms with Crippen LogP contribution in [0.4, 0.5) is 0 Å². The molecule has 0 spiro atoms. The minimum Gasteiger partial charge on any atom is -0.396 e. The number of hydrogen-bond donors (Lipinski definition) is 3. The average Bonchev–Trinajstić information content (AvgIpc) is 2.35. The van der Waals surface area contributed by atoms with Crippen molar-refractivity contribution in [3.63, 3.8) is 0 Å². The number of nitrogens with two attached hydrogens (primary N) is 1. The van der Waals surface area contributed by atoms with E-state index in [1.807, 2.05) is 0 Å². The molecule has 0 bridgehead atoms. The zero-order valence-electron chi connectivity index (χ0n) is 7.06. The van der Waals surface area contributed by atoms with E-state index in [-0.39, 0.29) is 19.6 Å². The Hall–Kier alpha value is -0.200. The van der Waals surface area contributed by atoms with Crippen molar-refractivity contribution in [2.75, 3.05) is 20.3 Å². The summed E-state index contributed by atoms with van der Waals surface area (Å²) in [6, 6.07) is -0.588. The second-order valence-corrected chi connectivity index (χ2v) is 2.89. The van der Waals surface area contributed by atoms with Gasteiger partial charge in [0.2, 0.25) is 0 Å². The van der Waals surface area contributed by atoms with Gasteiger partial charge in [0.05, 0.1) is 18.8 Å². The topological polar surface area (TPSA) is 84.9 Å². The molecule has 0 saturated carbocycles. The molecule has 0 aromatic carbocycles. The van der Waals surface area contributed by atoms with Gasteiger partial charge in [-0.2, -0.15) is 0 Å². The molecule has 0 aliphatic carbocycles. The molecule has 0 unspecified atom stereocenters. The molecular formula is C7H15NO4. The molecule has 1 rings (SSSR count). The van der Waals surface area contributed by atoms with Gasteiger partial charge in [-0.25, -0.2) is 0 Å². The van der Waals surface area contributed by atoms with Crippen molar-refractivity contribution in [1.29, 1.82) is 0 Å². The Labute approximate surface area is 71.1 Å². The first-order chi connectivity index (χ1) is 5.66. The van der Waals surface area contributed by atoms with Gasteiger partial charge in [0.1, 0.15) is 0 Å². The number of rotatable bonds is 3. The van der Waals surface area contributed by atoms with Gasteiger partial charge in [-0.05, 0) is 0 Å². The standard InChI is InChI=1S/C7H15NO4/c1-11-7(2-3-9)6(8)5(10)4-12-7/h5-6,9-10H,2-4,8H2,1H3/t5-,6+,7+/m1/s1. The van der Waals surface area contributed by atoms with Crippen molar-refractivity contribution in [1.82, 2.24) is 0 Å². The van der Waals surface area contributed by atoms with Crippen molar-refractivity contribution < 1.29 is 19.7 Å². The largest absolute Gasteiger partial charge is 0.396 e. The summed E-state index contributed by atoms with van der Waals surface area (Å²) in [6.45, 7) is 0.0866. The lowest BCUT2D eigenvalue weighted by Gasteiger charge is -2.30. The average molecular weight is 177 g/mol. The summed E-state index contributed by atoms with van der Waals surface area (Å²) >= 11 is 0. The van der Waals surface area contributed by atoms with Gasteiger partial charge in [0.25, 0.3) is 0 Å². The summed E-state index contributed by atoms with van der Waals surface area (Å²) in [5, 5.41) is 18.0. The highest BCUT2D eigenvalue weighted by Crippen LogP contribution is 2.28. The Morgan fingerprint density at radius 1 is 1.75 bits per heavy atom. The fraction of sp³-hybridized carbons (Fsp3) is 1.00. The molecule has 1 aliphatic rings. The van der Waals surface area contributed by atoms with Crippen molar-refractivity contribution in [2.24, 2.45) is 5.73 Å². The Bertz CT molecular complexity index is 150. The van der Waals surface area contributed by atoms with Crippen LogP contribution in [-0.2, 0) is 9.47 Å². The van der Waals surface area contributed by atoms with E-state index in [1.54, 1.807) is 0 Å². The SMILES string of the molecule is CO[C@@]1(CCO)OC[C@@H](O)[C@@H]1N. The Morgan fingerprint density at radius 3 is 2.75 bits per heavy atom. The summed E-state index contributed by atoms with van der Waals surface area (Å²) in [5.74, 6) is -1.01. The van der Waals surface area contributed by atoms with Crippen LogP contribution in [0.15, 0.2) is 0 Å². The first-order valence-corrected chi connectivity index (χ1v) is 3.90. The maximum atomic E-state index is 9.28. The fourth-order valence-corrected chi connectivity index (χ4v) is 1.41. The van der Waals surface area contributed by atoms with E-state index >= 15 is 0 Å². The van der Waals surface area contributed by atoms with Crippen LogP contribution in [-0.4, -0.2) is 48.5 Å². The number of ether oxygens (including phenoxy) is 2. The highest BCUT2D eigenvalue weighted by molar-refractivity contribution is 4.93. The zero-order chi connectivity index (χ0) is 9.19. The second kappa shape index (κ2) is 3.68. The van der Waals surface area contributed by atoms with Gasteiger partial charge < -0.3 is 25.4 Å². The molecular weight excluding hydrogens is 162 g/mol. The third kappa shape index (κ3) is 1.46. The fourth-order valence-electron chi connectivity index (χ4n) is 1.41. The summed E-state index contributed by atoms with van der Waals surface area (Å²) in [7, 11) is 1.45. The van der Waals surface area contributed by atoms with E-state index in [0.29, 0.717) is 0 Å². The predicted molar refractivity (Wildman–Crippen MR) is 41.4 cm³/mol. The Morgan fingerprint density at radius 2 is 2.42 bits per heavy atom. The molecule has 1 aliphatic heterocycles. The van der Waals surface area contributed by atoms with Gasteiger partial charge in [0, 0.05) is 20.1 Å². The quantitative estimate of drug-likeness (QED) is 0.485.